The van der Waals surface area contributed by atoms with E-state index in [1.165, 1.54) is 6.42 Å². The highest BCUT2D eigenvalue weighted by atomic mass is 79.9. The van der Waals surface area contributed by atoms with E-state index in [-0.39, 0.29) is 11.9 Å². The number of halogens is 1. The molecule has 24 heavy (non-hydrogen) atoms. The maximum atomic E-state index is 13.0. The summed E-state index contributed by atoms with van der Waals surface area (Å²) in [6.07, 6.45) is 5.56. The Balaban J connectivity index is 1.72. The molecule has 1 fully saturated rings. The molecule has 0 bridgehead atoms. The number of carbonyl (C=O) groups excluding carboxylic acids is 1. The van der Waals surface area contributed by atoms with E-state index in [0.717, 1.165) is 35.7 Å². The third-order valence-corrected chi connectivity index (χ3v) is 5.12. The number of anilines is 1. The van der Waals surface area contributed by atoms with Gasteiger partial charge in [-0.15, -0.1) is 5.10 Å². The molecular weight excluding hydrogens is 372 g/mol. The zero-order valence-electron chi connectivity index (χ0n) is 13.4. The van der Waals surface area contributed by atoms with Crippen LogP contribution in [0.2, 0.25) is 0 Å². The Morgan fingerprint density at radius 1 is 1.29 bits per heavy atom. The van der Waals surface area contributed by atoms with E-state index in [2.05, 4.69) is 37.5 Å². The molecule has 128 valence electrons. The molecule has 1 amide bonds. The average Bonchev–Trinajstić information content (AvgIpc) is 3.00. The summed E-state index contributed by atoms with van der Waals surface area (Å²) in [5, 5.41) is 10.5. The van der Waals surface area contributed by atoms with Crippen molar-refractivity contribution in [1.29, 1.82) is 0 Å². The Morgan fingerprint density at radius 2 is 2.08 bits per heavy atom. The van der Waals surface area contributed by atoms with Gasteiger partial charge in [0.05, 0.1) is 5.41 Å². The van der Waals surface area contributed by atoms with Crippen molar-refractivity contribution in [3.05, 3.63) is 40.2 Å². The highest BCUT2D eigenvalue weighted by molar-refractivity contribution is 9.10. The van der Waals surface area contributed by atoms with Crippen molar-refractivity contribution in [2.24, 2.45) is 0 Å². The number of hydrogen-bond acceptors (Lipinski definition) is 5. The minimum absolute atomic E-state index is 0.0502. The van der Waals surface area contributed by atoms with E-state index in [1.54, 1.807) is 0 Å². The van der Waals surface area contributed by atoms with Gasteiger partial charge in [-0.05, 0) is 30.5 Å². The number of carbonyl (C=O) groups is 1. The molecule has 0 radical (unpaired) electrons. The first-order valence-corrected chi connectivity index (χ1v) is 9.02. The van der Waals surface area contributed by atoms with E-state index >= 15 is 0 Å². The number of amides is 1. The summed E-state index contributed by atoms with van der Waals surface area (Å²) >= 11 is 3.52. The Bertz CT molecular complexity index is 710. The summed E-state index contributed by atoms with van der Waals surface area (Å²) in [5.41, 5.74) is 6.04. The average molecular weight is 393 g/mol. The van der Waals surface area contributed by atoms with Crippen LogP contribution >= 0.6 is 15.9 Å². The summed E-state index contributed by atoms with van der Waals surface area (Å²) < 4.78 is 6.13. The molecule has 3 N–H and O–H groups in total. The van der Waals surface area contributed by atoms with Gasteiger partial charge in [0.15, 0.2) is 0 Å². The van der Waals surface area contributed by atoms with Crippen LogP contribution in [0.15, 0.2) is 33.2 Å². The van der Waals surface area contributed by atoms with Crippen molar-refractivity contribution in [1.82, 2.24) is 15.5 Å². The van der Waals surface area contributed by atoms with Crippen LogP contribution in [0.3, 0.4) is 0 Å². The minimum Gasteiger partial charge on any atom is -0.408 e. The summed E-state index contributed by atoms with van der Waals surface area (Å²) in [6.45, 7) is 0.455. The molecule has 3 rings (SSSR count). The van der Waals surface area contributed by atoms with Crippen LogP contribution in [-0.4, -0.2) is 22.6 Å². The third-order valence-electron chi connectivity index (χ3n) is 4.63. The number of aromatic nitrogens is 2. The maximum absolute atomic E-state index is 13.0. The molecule has 1 saturated carbocycles. The first-order valence-electron chi connectivity index (χ1n) is 8.22. The van der Waals surface area contributed by atoms with Gasteiger partial charge < -0.3 is 15.5 Å². The van der Waals surface area contributed by atoms with Crippen molar-refractivity contribution in [3.63, 3.8) is 0 Å². The molecule has 1 aliphatic carbocycles. The van der Waals surface area contributed by atoms with E-state index in [9.17, 15) is 4.79 Å². The van der Waals surface area contributed by atoms with E-state index in [4.69, 9.17) is 10.2 Å². The summed E-state index contributed by atoms with van der Waals surface area (Å²) in [6, 6.07) is 8.13. The highest BCUT2D eigenvalue weighted by Crippen LogP contribution is 2.40. The summed E-state index contributed by atoms with van der Waals surface area (Å²) in [5.74, 6) is 0.515. The SMILES string of the molecule is Nc1nnc(CCNC(=O)C2(c3cccc(Br)c3)CCCCC2)o1. The van der Waals surface area contributed by atoms with Gasteiger partial charge in [0.25, 0.3) is 0 Å². The molecule has 0 unspecified atom stereocenters. The number of hydrogen-bond donors (Lipinski definition) is 2. The van der Waals surface area contributed by atoms with Crippen molar-refractivity contribution < 1.29 is 9.21 Å². The van der Waals surface area contributed by atoms with Crippen LogP contribution in [0.1, 0.15) is 43.6 Å². The van der Waals surface area contributed by atoms with Crippen molar-refractivity contribution in [2.45, 2.75) is 43.9 Å². The number of benzene rings is 1. The molecule has 1 aromatic carbocycles. The number of nitrogens with one attached hydrogen (secondary N) is 1. The molecule has 0 saturated heterocycles. The minimum atomic E-state index is -0.449. The second-order valence-electron chi connectivity index (χ2n) is 6.19. The molecule has 1 aliphatic rings. The predicted octanol–water partition coefficient (Wildman–Crippen LogP) is 2.98. The molecular formula is C17H21BrN4O2. The normalized spacial score (nSPS) is 16.7. The zero-order chi connectivity index (χ0) is 17.0. The van der Waals surface area contributed by atoms with Crippen molar-refractivity contribution in [3.8, 4) is 0 Å². The number of nitrogens with two attached hydrogens (primary N) is 1. The molecule has 6 nitrogen and oxygen atoms in total. The van der Waals surface area contributed by atoms with Crippen LogP contribution < -0.4 is 11.1 Å². The molecule has 1 aromatic heterocycles. The smallest absolute Gasteiger partial charge is 0.312 e. The topological polar surface area (TPSA) is 94.0 Å². The number of nitrogen functional groups attached to an aromatic ring is 1. The van der Waals surface area contributed by atoms with E-state index < -0.39 is 5.41 Å². The second kappa shape index (κ2) is 7.34. The molecule has 0 spiro atoms. The zero-order valence-corrected chi connectivity index (χ0v) is 15.0. The van der Waals surface area contributed by atoms with Crippen LogP contribution in [0, 0.1) is 0 Å². The van der Waals surface area contributed by atoms with Crippen molar-refractivity contribution in [2.75, 3.05) is 12.3 Å². The van der Waals surface area contributed by atoms with Gasteiger partial charge >= 0.3 is 6.01 Å². The fourth-order valence-corrected chi connectivity index (χ4v) is 3.81. The van der Waals surface area contributed by atoms with Crippen LogP contribution in [-0.2, 0) is 16.6 Å². The fourth-order valence-electron chi connectivity index (χ4n) is 3.41. The third kappa shape index (κ3) is 3.61. The molecule has 7 heteroatoms. The maximum Gasteiger partial charge on any atom is 0.312 e. The molecule has 1 heterocycles. The Hall–Kier alpha value is -1.89. The first-order chi connectivity index (χ1) is 11.6. The van der Waals surface area contributed by atoms with Crippen LogP contribution in [0.4, 0.5) is 6.01 Å². The van der Waals surface area contributed by atoms with E-state index in [1.807, 2.05) is 18.2 Å². The monoisotopic (exact) mass is 392 g/mol. The quantitative estimate of drug-likeness (QED) is 0.815. The number of nitrogens with zero attached hydrogens (tertiary/aromatic N) is 2. The largest absolute Gasteiger partial charge is 0.408 e. The summed E-state index contributed by atoms with van der Waals surface area (Å²) in [4.78, 5) is 13.0. The van der Waals surface area contributed by atoms with E-state index in [0.29, 0.717) is 18.9 Å². The van der Waals surface area contributed by atoms with Gasteiger partial charge in [-0.1, -0.05) is 52.4 Å². The van der Waals surface area contributed by atoms with Gasteiger partial charge in [-0.3, -0.25) is 4.79 Å². The van der Waals surface area contributed by atoms with Gasteiger partial charge in [0.2, 0.25) is 11.8 Å². The van der Waals surface area contributed by atoms with Crippen LogP contribution in [0.5, 0.6) is 0 Å². The summed E-state index contributed by atoms with van der Waals surface area (Å²) in [7, 11) is 0. The lowest BCUT2D eigenvalue weighted by Gasteiger charge is -2.36. The van der Waals surface area contributed by atoms with Gasteiger partial charge in [-0.25, -0.2) is 0 Å². The van der Waals surface area contributed by atoms with Gasteiger partial charge in [0.1, 0.15) is 0 Å². The van der Waals surface area contributed by atoms with Gasteiger partial charge in [-0.2, -0.15) is 0 Å². The highest BCUT2D eigenvalue weighted by Gasteiger charge is 2.40. The Morgan fingerprint density at radius 3 is 2.75 bits per heavy atom. The van der Waals surface area contributed by atoms with Crippen molar-refractivity contribution >= 4 is 27.9 Å². The fraction of sp³-hybridized carbons (Fsp3) is 0.471. The standard InChI is InChI=1S/C17H21BrN4O2/c18-13-6-4-5-12(11-13)17(8-2-1-3-9-17)15(23)20-10-7-14-21-22-16(19)24-14/h4-6,11H,1-3,7-10H2,(H2,19,22)(H,20,23). The molecule has 0 aliphatic heterocycles. The lowest BCUT2D eigenvalue weighted by Crippen LogP contribution is -2.46. The first kappa shape index (κ1) is 17.0. The number of rotatable bonds is 5. The Labute approximate surface area is 149 Å². The predicted molar refractivity (Wildman–Crippen MR) is 94.3 cm³/mol. The van der Waals surface area contributed by atoms with Crippen LogP contribution in [0.25, 0.3) is 0 Å². The molecule has 0 atom stereocenters. The second-order valence-corrected chi connectivity index (χ2v) is 7.11. The lowest BCUT2D eigenvalue weighted by molar-refractivity contribution is -0.128. The van der Waals surface area contributed by atoms with Gasteiger partial charge in [0, 0.05) is 17.4 Å². The molecule has 2 aromatic rings. The Kier molecular flexibility index (Phi) is 5.18. The lowest BCUT2D eigenvalue weighted by atomic mass is 9.68.